The summed E-state index contributed by atoms with van der Waals surface area (Å²) in [4.78, 5) is 36.8. The van der Waals surface area contributed by atoms with E-state index in [2.05, 4.69) is 5.32 Å². The van der Waals surface area contributed by atoms with Crippen LogP contribution < -0.4 is 15.7 Å². The zero-order valence-corrected chi connectivity index (χ0v) is 17.9. The Kier molecular flexibility index (Phi) is 6.74. The zero-order valence-electron chi connectivity index (χ0n) is 17.9. The molecule has 3 aromatic rings. The van der Waals surface area contributed by atoms with Crippen LogP contribution in [0.1, 0.15) is 30.5 Å². The molecule has 162 valence electrons. The fourth-order valence-corrected chi connectivity index (χ4v) is 3.17. The van der Waals surface area contributed by atoms with Crippen LogP contribution in [-0.4, -0.2) is 18.1 Å². The van der Waals surface area contributed by atoms with Gasteiger partial charge >= 0.3 is 17.7 Å². The van der Waals surface area contributed by atoms with Gasteiger partial charge in [0.25, 0.3) is 0 Å². The molecule has 7 heteroatoms. The number of amides is 1. The summed E-state index contributed by atoms with van der Waals surface area (Å²) in [6.45, 7) is 7.19. The van der Waals surface area contributed by atoms with Gasteiger partial charge in [0.2, 0.25) is 0 Å². The average molecular weight is 423 g/mol. The highest BCUT2D eigenvalue weighted by molar-refractivity contribution is 5.87. The van der Waals surface area contributed by atoms with E-state index in [-0.39, 0.29) is 18.3 Å². The molecule has 0 fully saturated rings. The molecule has 0 aliphatic heterocycles. The SMILES string of the molecule is Cc1cc(=O)oc2c(C)c(OC(=O)[C@@H](NC(=O)OCc3ccccc3)C(C)C)ccc12. The maximum absolute atomic E-state index is 12.8. The number of carbonyl (C=O) groups excluding carboxylic acids is 2. The molecule has 1 amide bonds. The second-order valence-electron chi connectivity index (χ2n) is 7.66. The number of nitrogens with one attached hydrogen (secondary N) is 1. The highest BCUT2D eigenvalue weighted by Gasteiger charge is 2.27. The first kappa shape index (κ1) is 22.1. The van der Waals surface area contributed by atoms with E-state index in [1.54, 1.807) is 32.9 Å². The number of esters is 1. The maximum atomic E-state index is 12.8. The van der Waals surface area contributed by atoms with Gasteiger partial charge in [-0.05, 0) is 43.0 Å². The lowest BCUT2D eigenvalue weighted by Gasteiger charge is -2.21. The van der Waals surface area contributed by atoms with Crippen molar-refractivity contribution in [2.24, 2.45) is 5.92 Å². The van der Waals surface area contributed by atoms with Crippen LogP contribution in [-0.2, 0) is 16.1 Å². The molecule has 1 N–H and O–H groups in total. The lowest BCUT2D eigenvalue weighted by atomic mass is 10.0. The molecule has 0 aliphatic rings. The average Bonchev–Trinajstić information content (AvgIpc) is 2.73. The first-order valence-corrected chi connectivity index (χ1v) is 9.99. The molecule has 0 aliphatic carbocycles. The van der Waals surface area contributed by atoms with Gasteiger partial charge in [-0.3, -0.25) is 0 Å². The van der Waals surface area contributed by atoms with Crippen LogP contribution >= 0.6 is 0 Å². The fourth-order valence-electron chi connectivity index (χ4n) is 3.17. The van der Waals surface area contributed by atoms with Crippen molar-refractivity contribution in [1.29, 1.82) is 0 Å². The van der Waals surface area contributed by atoms with Crippen molar-refractivity contribution in [2.75, 3.05) is 0 Å². The Balaban J connectivity index is 1.72. The van der Waals surface area contributed by atoms with Crippen molar-refractivity contribution < 1.29 is 23.5 Å². The third-order valence-corrected chi connectivity index (χ3v) is 4.94. The van der Waals surface area contributed by atoms with Crippen molar-refractivity contribution >= 4 is 23.0 Å². The summed E-state index contributed by atoms with van der Waals surface area (Å²) in [5.41, 5.74) is 2.03. The number of hydrogen-bond donors (Lipinski definition) is 1. The van der Waals surface area contributed by atoms with Crippen LogP contribution in [0.25, 0.3) is 11.0 Å². The van der Waals surface area contributed by atoms with Crippen molar-refractivity contribution in [3.8, 4) is 5.75 Å². The van der Waals surface area contributed by atoms with E-state index in [9.17, 15) is 14.4 Å². The quantitative estimate of drug-likeness (QED) is 0.362. The van der Waals surface area contributed by atoms with Crippen molar-refractivity contribution in [2.45, 2.75) is 40.3 Å². The summed E-state index contributed by atoms with van der Waals surface area (Å²) in [7, 11) is 0. The smallest absolute Gasteiger partial charge is 0.408 e. The van der Waals surface area contributed by atoms with Crippen molar-refractivity contribution in [3.05, 3.63) is 75.6 Å². The van der Waals surface area contributed by atoms with Crippen LogP contribution in [0, 0.1) is 19.8 Å². The summed E-state index contributed by atoms with van der Waals surface area (Å²) in [6.07, 6.45) is -0.712. The molecular formula is C24H25NO6. The Labute approximate surface area is 180 Å². The number of benzene rings is 2. The molecule has 0 bridgehead atoms. The Bertz CT molecular complexity index is 1150. The van der Waals surface area contributed by atoms with Gasteiger partial charge in [0.05, 0.1) is 0 Å². The maximum Gasteiger partial charge on any atom is 0.408 e. The van der Waals surface area contributed by atoms with Crippen LogP contribution in [0.3, 0.4) is 0 Å². The molecule has 2 aromatic carbocycles. The molecule has 1 heterocycles. The van der Waals surface area contributed by atoms with E-state index in [1.807, 2.05) is 37.3 Å². The van der Waals surface area contributed by atoms with Crippen LogP contribution in [0.2, 0.25) is 0 Å². The number of alkyl carbamates (subject to hydrolysis) is 1. The van der Waals surface area contributed by atoms with E-state index in [4.69, 9.17) is 13.9 Å². The fraction of sp³-hybridized carbons (Fsp3) is 0.292. The normalized spacial score (nSPS) is 11.9. The van der Waals surface area contributed by atoms with E-state index < -0.39 is 23.7 Å². The number of hydrogen-bond acceptors (Lipinski definition) is 6. The minimum Gasteiger partial charge on any atom is -0.445 e. The molecule has 3 rings (SSSR count). The van der Waals surface area contributed by atoms with E-state index in [1.165, 1.54) is 6.07 Å². The second kappa shape index (κ2) is 9.47. The minimum atomic E-state index is -0.914. The number of carbonyl (C=O) groups is 2. The standard InChI is InChI=1S/C24H25NO6/c1-14(2)21(25-24(28)29-13-17-8-6-5-7-9-17)23(27)30-19-11-10-18-15(3)12-20(26)31-22(18)16(19)4/h5-12,14,21H,13H2,1-4H3,(H,25,28)/t21-/m0/s1. The van der Waals surface area contributed by atoms with Gasteiger partial charge in [0.1, 0.15) is 24.0 Å². The Morgan fingerprint density at radius 2 is 1.77 bits per heavy atom. The first-order chi connectivity index (χ1) is 14.8. The van der Waals surface area contributed by atoms with E-state index in [0.29, 0.717) is 11.1 Å². The molecule has 31 heavy (non-hydrogen) atoms. The molecule has 7 nitrogen and oxygen atoms in total. The lowest BCUT2D eigenvalue weighted by molar-refractivity contribution is -0.137. The van der Waals surface area contributed by atoms with Gasteiger partial charge in [0.15, 0.2) is 0 Å². The summed E-state index contributed by atoms with van der Waals surface area (Å²) < 4.78 is 16.1. The van der Waals surface area contributed by atoms with Crippen molar-refractivity contribution in [3.63, 3.8) is 0 Å². The lowest BCUT2D eigenvalue weighted by Crippen LogP contribution is -2.46. The summed E-state index contributed by atoms with van der Waals surface area (Å²) >= 11 is 0. The largest absolute Gasteiger partial charge is 0.445 e. The summed E-state index contributed by atoms with van der Waals surface area (Å²) in [6, 6.07) is 13.1. The summed E-state index contributed by atoms with van der Waals surface area (Å²) in [5.74, 6) is -0.613. The van der Waals surface area contributed by atoms with Crippen LogP contribution in [0.15, 0.2) is 57.7 Å². The Morgan fingerprint density at radius 3 is 2.45 bits per heavy atom. The number of ether oxygens (including phenoxy) is 2. The molecular weight excluding hydrogens is 398 g/mol. The molecule has 0 radical (unpaired) electrons. The number of aryl methyl sites for hydroxylation is 2. The van der Waals surface area contributed by atoms with Gasteiger partial charge in [-0.1, -0.05) is 44.2 Å². The van der Waals surface area contributed by atoms with Gasteiger partial charge in [-0.25, -0.2) is 14.4 Å². The molecule has 1 atom stereocenters. The third kappa shape index (κ3) is 5.31. The highest BCUT2D eigenvalue weighted by Crippen LogP contribution is 2.28. The minimum absolute atomic E-state index is 0.0920. The second-order valence-corrected chi connectivity index (χ2v) is 7.66. The molecule has 0 saturated heterocycles. The van der Waals surface area contributed by atoms with Crippen molar-refractivity contribution in [1.82, 2.24) is 5.32 Å². The number of fused-ring (bicyclic) bond motifs is 1. The van der Waals surface area contributed by atoms with Gasteiger partial charge in [-0.2, -0.15) is 0 Å². The number of rotatable bonds is 6. The van der Waals surface area contributed by atoms with Crippen LogP contribution in [0.4, 0.5) is 4.79 Å². The predicted octanol–water partition coefficient (Wildman–Crippen LogP) is 4.27. The van der Waals surface area contributed by atoms with Crippen LogP contribution in [0.5, 0.6) is 5.75 Å². The summed E-state index contributed by atoms with van der Waals surface area (Å²) in [5, 5.41) is 3.34. The predicted molar refractivity (Wildman–Crippen MR) is 116 cm³/mol. The Hall–Kier alpha value is -3.61. The van der Waals surface area contributed by atoms with E-state index in [0.717, 1.165) is 16.5 Å². The van der Waals surface area contributed by atoms with E-state index >= 15 is 0 Å². The molecule has 0 saturated carbocycles. The third-order valence-electron chi connectivity index (χ3n) is 4.94. The first-order valence-electron chi connectivity index (χ1n) is 9.99. The monoisotopic (exact) mass is 423 g/mol. The molecule has 0 unspecified atom stereocenters. The zero-order chi connectivity index (χ0) is 22.5. The molecule has 0 spiro atoms. The topological polar surface area (TPSA) is 94.8 Å². The highest BCUT2D eigenvalue weighted by atomic mass is 16.6. The molecule has 1 aromatic heterocycles. The van der Waals surface area contributed by atoms with Gasteiger partial charge in [0, 0.05) is 17.0 Å². The Morgan fingerprint density at radius 1 is 1.06 bits per heavy atom. The van der Waals surface area contributed by atoms with Gasteiger partial charge in [-0.15, -0.1) is 0 Å². The van der Waals surface area contributed by atoms with Gasteiger partial charge < -0.3 is 19.2 Å².